The molecule has 2 aromatic heterocycles. The molecule has 0 saturated carbocycles. The maximum Gasteiger partial charge on any atom is 0.167 e. The van der Waals surface area contributed by atoms with Crippen molar-refractivity contribution in [1.82, 2.24) is 15.1 Å². The van der Waals surface area contributed by atoms with Gasteiger partial charge in [-0.3, -0.25) is 9.97 Å². The average molecular weight is 266 g/mol. The number of nitriles is 1. The molecule has 0 saturated heterocycles. The van der Waals surface area contributed by atoms with Crippen LogP contribution in [0.15, 0.2) is 47.4 Å². The van der Waals surface area contributed by atoms with Gasteiger partial charge in [0, 0.05) is 24.0 Å². The minimum atomic E-state index is -0.565. The Balaban J connectivity index is 2.01. The number of benzene rings is 1. The summed E-state index contributed by atoms with van der Waals surface area (Å²) in [7, 11) is 0. The Morgan fingerprint density at radius 2 is 2.05 bits per heavy atom. The predicted molar refractivity (Wildman–Crippen MR) is 67.6 cm³/mol. The summed E-state index contributed by atoms with van der Waals surface area (Å²) >= 11 is 0. The van der Waals surface area contributed by atoms with Crippen molar-refractivity contribution in [2.24, 2.45) is 0 Å². The van der Waals surface area contributed by atoms with Crippen molar-refractivity contribution in [3.05, 3.63) is 54.2 Å². The summed E-state index contributed by atoms with van der Waals surface area (Å²) in [6.45, 7) is 0. The van der Waals surface area contributed by atoms with Crippen molar-refractivity contribution >= 4 is 0 Å². The van der Waals surface area contributed by atoms with Crippen LogP contribution < -0.4 is 0 Å². The lowest BCUT2D eigenvalue weighted by molar-refractivity contribution is 0.434. The lowest BCUT2D eigenvalue weighted by Crippen LogP contribution is -1.84. The molecule has 20 heavy (non-hydrogen) atoms. The molecule has 0 aliphatic carbocycles. The smallest absolute Gasteiger partial charge is 0.167 e. The SMILES string of the molecule is N#Cc1cc(-c2cc(-c3cnccn3)no2)ccc1F. The van der Waals surface area contributed by atoms with Gasteiger partial charge in [0.2, 0.25) is 0 Å². The van der Waals surface area contributed by atoms with Crippen LogP contribution in [0.2, 0.25) is 0 Å². The molecule has 0 aliphatic rings. The normalized spacial score (nSPS) is 10.2. The van der Waals surface area contributed by atoms with Crippen molar-refractivity contribution in [3.8, 4) is 28.8 Å². The van der Waals surface area contributed by atoms with Crippen LogP contribution in [-0.2, 0) is 0 Å². The van der Waals surface area contributed by atoms with E-state index in [1.54, 1.807) is 30.7 Å². The average Bonchev–Trinajstić information content (AvgIpc) is 2.98. The number of nitrogens with zero attached hydrogens (tertiary/aromatic N) is 4. The Labute approximate surface area is 113 Å². The Bertz CT molecular complexity index is 792. The molecule has 0 unspecified atom stereocenters. The highest BCUT2D eigenvalue weighted by Crippen LogP contribution is 2.25. The summed E-state index contributed by atoms with van der Waals surface area (Å²) in [5, 5.41) is 12.7. The molecule has 0 atom stereocenters. The molecule has 0 fully saturated rings. The number of hydrogen-bond acceptors (Lipinski definition) is 5. The predicted octanol–water partition coefficient (Wildman–Crippen LogP) is 2.81. The molecular formula is C14H7FN4O. The second kappa shape index (κ2) is 4.90. The zero-order valence-electron chi connectivity index (χ0n) is 10.1. The lowest BCUT2D eigenvalue weighted by Gasteiger charge is -1.97. The molecule has 3 aromatic rings. The van der Waals surface area contributed by atoms with Gasteiger partial charge in [-0.2, -0.15) is 5.26 Å². The monoisotopic (exact) mass is 266 g/mol. The van der Waals surface area contributed by atoms with E-state index in [0.717, 1.165) is 0 Å². The van der Waals surface area contributed by atoms with Gasteiger partial charge in [0.1, 0.15) is 23.3 Å². The molecular weight excluding hydrogens is 259 g/mol. The molecule has 1 aromatic carbocycles. The molecule has 5 nitrogen and oxygen atoms in total. The zero-order valence-corrected chi connectivity index (χ0v) is 10.1. The van der Waals surface area contributed by atoms with Crippen LogP contribution >= 0.6 is 0 Å². The molecule has 2 heterocycles. The quantitative estimate of drug-likeness (QED) is 0.712. The van der Waals surface area contributed by atoms with E-state index in [1.807, 2.05) is 0 Å². The first-order valence-electron chi connectivity index (χ1n) is 5.71. The number of halogens is 1. The second-order valence-corrected chi connectivity index (χ2v) is 3.97. The summed E-state index contributed by atoms with van der Waals surface area (Å²) in [6.07, 6.45) is 4.67. The van der Waals surface area contributed by atoms with E-state index in [2.05, 4.69) is 15.1 Å². The van der Waals surface area contributed by atoms with E-state index in [0.29, 0.717) is 22.7 Å². The summed E-state index contributed by atoms with van der Waals surface area (Å²) in [6, 6.07) is 7.61. The van der Waals surface area contributed by atoms with Gasteiger partial charge in [-0.05, 0) is 18.2 Å². The minimum absolute atomic E-state index is 0.0417. The van der Waals surface area contributed by atoms with E-state index >= 15 is 0 Å². The van der Waals surface area contributed by atoms with Gasteiger partial charge in [-0.1, -0.05) is 5.16 Å². The zero-order chi connectivity index (χ0) is 13.9. The highest BCUT2D eigenvalue weighted by Gasteiger charge is 2.11. The highest BCUT2D eigenvalue weighted by atomic mass is 19.1. The third-order valence-electron chi connectivity index (χ3n) is 2.71. The first-order valence-corrected chi connectivity index (χ1v) is 5.71. The Morgan fingerprint density at radius 1 is 1.15 bits per heavy atom. The van der Waals surface area contributed by atoms with Crippen molar-refractivity contribution in [1.29, 1.82) is 5.26 Å². The summed E-state index contributed by atoms with van der Waals surface area (Å²) in [4.78, 5) is 8.05. The van der Waals surface area contributed by atoms with Gasteiger partial charge in [0.05, 0.1) is 11.8 Å². The van der Waals surface area contributed by atoms with Crippen molar-refractivity contribution in [2.75, 3.05) is 0 Å². The van der Waals surface area contributed by atoms with Gasteiger partial charge < -0.3 is 4.52 Å². The van der Waals surface area contributed by atoms with Gasteiger partial charge in [-0.15, -0.1) is 0 Å². The minimum Gasteiger partial charge on any atom is -0.356 e. The maximum absolute atomic E-state index is 13.3. The number of aromatic nitrogens is 3. The van der Waals surface area contributed by atoms with E-state index in [-0.39, 0.29) is 5.56 Å². The molecule has 0 radical (unpaired) electrons. The number of hydrogen-bond donors (Lipinski definition) is 0. The topological polar surface area (TPSA) is 75.6 Å². The molecule has 0 aliphatic heterocycles. The van der Waals surface area contributed by atoms with E-state index in [4.69, 9.17) is 9.78 Å². The van der Waals surface area contributed by atoms with E-state index < -0.39 is 5.82 Å². The molecule has 0 N–H and O–H groups in total. The van der Waals surface area contributed by atoms with Crippen molar-refractivity contribution < 1.29 is 8.91 Å². The molecule has 3 rings (SSSR count). The largest absolute Gasteiger partial charge is 0.356 e. The Morgan fingerprint density at radius 3 is 2.80 bits per heavy atom. The fourth-order valence-corrected chi connectivity index (χ4v) is 1.73. The van der Waals surface area contributed by atoms with Crippen molar-refractivity contribution in [3.63, 3.8) is 0 Å². The number of rotatable bonds is 2. The fourth-order valence-electron chi connectivity index (χ4n) is 1.73. The fraction of sp³-hybridized carbons (Fsp3) is 0. The third kappa shape index (κ3) is 2.12. The van der Waals surface area contributed by atoms with Gasteiger partial charge >= 0.3 is 0 Å². The summed E-state index contributed by atoms with van der Waals surface area (Å²) in [5.41, 5.74) is 1.63. The lowest BCUT2D eigenvalue weighted by atomic mass is 10.1. The maximum atomic E-state index is 13.3. The molecule has 6 heteroatoms. The van der Waals surface area contributed by atoms with E-state index in [9.17, 15) is 4.39 Å². The summed E-state index contributed by atoms with van der Waals surface area (Å²) in [5.74, 6) is -0.132. The van der Waals surface area contributed by atoms with E-state index in [1.165, 1.54) is 18.2 Å². The molecule has 0 bridgehead atoms. The van der Waals surface area contributed by atoms with Crippen LogP contribution in [0.1, 0.15) is 5.56 Å². The van der Waals surface area contributed by atoms with Crippen LogP contribution in [0.5, 0.6) is 0 Å². The van der Waals surface area contributed by atoms with Crippen molar-refractivity contribution in [2.45, 2.75) is 0 Å². The molecule has 96 valence electrons. The highest BCUT2D eigenvalue weighted by molar-refractivity contribution is 5.65. The van der Waals surface area contributed by atoms with Gasteiger partial charge in [0.25, 0.3) is 0 Å². The van der Waals surface area contributed by atoms with Gasteiger partial charge in [0.15, 0.2) is 5.76 Å². The Kier molecular flexibility index (Phi) is 2.94. The Hall–Kier alpha value is -3.07. The first-order chi connectivity index (χ1) is 9.78. The first kappa shape index (κ1) is 12.0. The van der Waals surface area contributed by atoms with Crippen LogP contribution in [0.4, 0.5) is 4.39 Å². The second-order valence-electron chi connectivity index (χ2n) is 3.97. The van der Waals surface area contributed by atoms with Crippen LogP contribution in [-0.4, -0.2) is 15.1 Å². The third-order valence-corrected chi connectivity index (χ3v) is 2.71. The van der Waals surface area contributed by atoms with Crippen LogP contribution in [0.3, 0.4) is 0 Å². The van der Waals surface area contributed by atoms with Gasteiger partial charge in [-0.25, -0.2) is 4.39 Å². The molecule has 0 spiro atoms. The van der Waals surface area contributed by atoms with Crippen LogP contribution in [0.25, 0.3) is 22.7 Å². The summed E-state index contributed by atoms with van der Waals surface area (Å²) < 4.78 is 18.5. The van der Waals surface area contributed by atoms with Crippen LogP contribution in [0, 0.1) is 17.1 Å². The standard InChI is InChI=1S/C14H7FN4O/c15-11-2-1-9(5-10(11)7-16)14-6-12(19-20-14)13-8-17-3-4-18-13/h1-6,8H. The molecule has 0 amide bonds.